The summed E-state index contributed by atoms with van der Waals surface area (Å²) in [6.07, 6.45) is 0. The van der Waals surface area contributed by atoms with Gasteiger partial charge in [0.2, 0.25) is 5.88 Å². The van der Waals surface area contributed by atoms with Crippen molar-refractivity contribution in [3.05, 3.63) is 88.8 Å². The van der Waals surface area contributed by atoms with E-state index in [4.69, 9.17) is 29.4 Å². The Bertz CT molecular complexity index is 1320. The molecule has 1 atom stereocenters. The van der Waals surface area contributed by atoms with E-state index in [0.717, 1.165) is 11.1 Å². The molecule has 0 spiro atoms. The Morgan fingerprint density at radius 2 is 1.71 bits per heavy atom. The Labute approximate surface area is 203 Å². The highest BCUT2D eigenvalue weighted by molar-refractivity contribution is 5.74. The van der Waals surface area contributed by atoms with Crippen LogP contribution in [-0.4, -0.2) is 26.8 Å². The van der Waals surface area contributed by atoms with Gasteiger partial charge in [-0.05, 0) is 42.8 Å². The summed E-state index contributed by atoms with van der Waals surface area (Å²) in [4.78, 5) is 12.3. The van der Waals surface area contributed by atoms with Gasteiger partial charge in [0.1, 0.15) is 28.9 Å². The zero-order valence-corrected chi connectivity index (χ0v) is 19.5. The van der Waals surface area contributed by atoms with Crippen molar-refractivity contribution in [2.24, 2.45) is 5.73 Å². The fourth-order valence-electron chi connectivity index (χ4n) is 3.81. The minimum Gasteiger partial charge on any atom is -0.493 e. The molecule has 0 fully saturated rings. The number of hydrogen-bond donors (Lipinski definition) is 1. The van der Waals surface area contributed by atoms with Crippen LogP contribution >= 0.6 is 0 Å². The number of benzene rings is 3. The fraction of sp³-hybridized carbons (Fsp3) is 0.185. The number of methoxy groups -OCH3 is 2. The smallest absolute Gasteiger partial charge is 0.349 e. The van der Waals surface area contributed by atoms with E-state index in [-0.39, 0.29) is 23.8 Å². The summed E-state index contributed by atoms with van der Waals surface area (Å²) in [5.41, 5.74) is 8.90. The van der Waals surface area contributed by atoms with Gasteiger partial charge >= 0.3 is 5.97 Å². The van der Waals surface area contributed by atoms with E-state index in [1.807, 2.05) is 25.1 Å². The molecule has 4 rings (SSSR count). The van der Waals surface area contributed by atoms with Gasteiger partial charge in [-0.15, -0.1) is 0 Å². The van der Waals surface area contributed by atoms with Gasteiger partial charge in [0, 0.05) is 11.6 Å². The lowest BCUT2D eigenvalue weighted by Gasteiger charge is -2.27. The summed E-state index contributed by atoms with van der Waals surface area (Å²) >= 11 is 0. The number of allylic oxidation sites excluding steroid dienone is 1. The van der Waals surface area contributed by atoms with Crippen LogP contribution in [0.1, 0.15) is 22.6 Å². The number of nitrogens with two attached hydrogens (primary N) is 1. The molecule has 1 aliphatic heterocycles. The second-order valence-corrected chi connectivity index (χ2v) is 7.81. The Balaban J connectivity index is 1.57. The second kappa shape index (κ2) is 10.1. The first-order valence-corrected chi connectivity index (χ1v) is 10.8. The standard InChI is InChI=1S/C27H24N2O6/c1-16-4-7-18(8-5-16)33-15-25(30)34-19-9-10-20-23(13-19)35-27(29)21(14-28)26(20)17-6-11-22(31-2)24(12-17)32-3/h4-13,26H,15,29H2,1-3H3. The Morgan fingerprint density at radius 1 is 1.00 bits per heavy atom. The molecule has 8 nitrogen and oxygen atoms in total. The Morgan fingerprint density at radius 3 is 2.40 bits per heavy atom. The number of nitriles is 1. The van der Waals surface area contributed by atoms with Crippen molar-refractivity contribution < 1.29 is 28.5 Å². The summed E-state index contributed by atoms with van der Waals surface area (Å²) in [7, 11) is 3.09. The second-order valence-electron chi connectivity index (χ2n) is 7.81. The van der Waals surface area contributed by atoms with Crippen LogP contribution in [0, 0.1) is 18.3 Å². The first-order valence-electron chi connectivity index (χ1n) is 10.8. The summed E-state index contributed by atoms with van der Waals surface area (Å²) < 4.78 is 27.3. The quantitative estimate of drug-likeness (QED) is 0.402. The van der Waals surface area contributed by atoms with Gasteiger partial charge in [0.25, 0.3) is 0 Å². The van der Waals surface area contributed by atoms with Crippen molar-refractivity contribution in [1.29, 1.82) is 5.26 Å². The molecule has 2 N–H and O–H groups in total. The summed E-state index contributed by atoms with van der Waals surface area (Å²) in [5.74, 6) is 1.21. The van der Waals surface area contributed by atoms with Gasteiger partial charge in [-0.25, -0.2) is 4.79 Å². The Hall–Kier alpha value is -4.64. The average Bonchev–Trinajstić information content (AvgIpc) is 2.87. The number of hydrogen-bond acceptors (Lipinski definition) is 8. The molecule has 3 aromatic carbocycles. The topological polar surface area (TPSA) is 113 Å². The van der Waals surface area contributed by atoms with Crippen molar-refractivity contribution in [3.63, 3.8) is 0 Å². The van der Waals surface area contributed by atoms with Crippen LogP contribution in [0.3, 0.4) is 0 Å². The largest absolute Gasteiger partial charge is 0.493 e. The minimum atomic E-state index is -0.570. The Kier molecular flexibility index (Phi) is 6.78. The highest BCUT2D eigenvalue weighted by Gasteiger charge is 2.31. The number of aryl methyl sites for hydroxylation is 1. The van der Waals surface area contributed by atoms with Crippen LogP contribution in [0.4, 0.5) is 0 Å². The van der Waals surface area contributed by atoms with Gasteiger partial charge in [0.05, 0.1) is 20.1 Å². The normalized spacial score (nSPS) is 14.3. The third-order valence-electron chi connectivity index (χ3n) is 5.54. The van der Waals surface area contributed by atoms with E-state index in [0.29, 0.717) is 28.6 Å². The third kappa shape index (κ3) is 4.99. The number of ether oxygens (including phenoxy) is 5. The lowest BCUT2D eigenvalue weighted by molar-refractivity contribution is -0.136. The molecule has 35 heavy (non-hydrogen) atoms. The molecule has 0 aromatic heterocycles. The first kappa shape index (κ1) is 23.5. The van der Waals surface area contributed by atoms with Gasteiger partial charge in [-0.2, -0.15) is 5.26 Å². The molecule has 8 heteroatoms. The zero-order chi connectivity index (χ0) is 24.9. The molecule has 0 saturated heterocycles. The molecule has 0 saturated carbocycles. The van der Waals surface area contributed by atoms with Crippen LogP contribution in [0.15, 0.2) is 72.1 Å². The summed E-state index contributed by atoms with van der Waals surface area (Å²) in [6, 6.07) is 19.8. The van der Waals surface area contributed by atoms with E-state index >= 15 is 0 Å². The lowest BCUT2D eigenvalue weighted by atomic mass is 9.83. The molecular weight excluding hydrogens is 448 g/mol. The number of carbonyl (C=O) groups is 1. The SMILES string of the molecule is COc1ccc(C2C(C#N)=C(N)Oc3cc(OC(=O)COc4ccc(C)cc4)ccc32)cc1OC. The molecule has 0 bridgehead atoms. The number of carbonyl (C=O) groups excluding carboxylic acids is 1. The first-order chi connectivity index (χ1) is 16.9. The maximum Gasteiger partial charge on any atom is 0.349 e. The number of fused-ring (bicyclic) bond motifs is 1. The number of nitrogens with zero attached hydrogens (tertiary/aromatic N) is 1. The third-order valence-corrected chi connectivity index (χ3v) is 5.54. The van der Waals surface area contributed by atoms with E-state index in [2.05, 4.69) is 6.07 Å². The molecule has 0 radical (unpaired) electrons. The highest BCUT2D eigenvalue weighted by atomic mass is 16.6. The molecule has 178 valence electrons. The van der Waals surface area contributed by atoms with Crippen molar-refractivity contribution in [1.82, 2.24) is 0 Å². The molecule has 1 aliphatic rings. The van der Waals surface area contributed by atoms with E-state index < -0.39 is 11.9 Å². The molecule has 0 amide bonds. The molecule has 1 heterocycles. The van der Waals surface area contributed by atoms with Gasteiger partial charge in [-0.3, -0.25) is 0 Å². The number of rotatable bonds is 7. The predicted molar refractivity (Wildman–Crippen MR) is 128 cm³/mol. The fourth-order valence-corrected chi connectivity index (χ4v) is 3.81. The van der Waals surface area contributed by atoms with Crippen molar-refractivity contribution in [2.45, 2.75) is 12.8 Å². The maximum atomic E-state index is 12.3. The van der Waals surface area contributed by atoms with Crippen LogP contribution in [-0.2, 0) is 4.79 Å². The average molecular weight is 472 g/mol. The minimum absolute atomic E-state index is 0.0223. The molecular formula is C27H24N2O6. The van der Waals surface area contributed by atoms with Gasteiger partial charge < -0.3 is 29.4 Å². The van der Waals surface area contributed by atoms with Crippen LogP contribution in [0.2, 0.25) is 0 Å². The molecule has 3 aromatic rings. The van der Waals surface area contributed by atoms with Gasteiger partial charge in [-0.1, -0.05) is 29.8 Å². The van der Waals surface area contributed by atoms with Crippen molar-refractivity contribution in [3.8, 4) is 34.8 Å². The molecule has 0 aliphatic carbocycles. The summed E-state index contributed by atoms with van der Waals surface area (Å²) in [5, 5.41) is 9.78. The van der Waals surface area contributed by atoms with E-state index in [1.165, 1.54) is 7.11 Å². The van der Waals surface area contributed by atoms with E-state index in [9.17, 15) is 10.1 Å². The van der Waals surface area contributed by atoms with Crippen molar-refractivity contribution >= 4 is 5.97 Å². The van der Waals surface area contributed by atoms with Gasteiger partial charge in [0.15, 0.2) is 18.1 Å². The van der Waals surface area contributed by atoms with Crippen LogP contribution in [0.25, 0.3) is 0 Å². The monoisotopic (exact) mass is 472 g/mol. The maximum absolute atomic E-state index is 12.3. The van der Waals surface area contributed by atoms with Crippen LogP contribution in [0.5, 0.6) is 28.7 Å². The lowest BCUT2D eigenvalue weighted by Crippen LogP contribution is -2.21. The van der Waals surface area contributed by atoms with Crippen molar-refractivity contribution in [2.75, 3.05) is 20.8 Å². The number of esters is 1. The highest BCUT2D eigenvalue weighted by Crippen LogP contribution is 2.45. The predicted octanol–water partition coefficient (Wildman–Crippen LogP) is 4.21. The zero-order valence-electron chi connectivity index (χ0n) is 19.5. The van der Waals surface area contributed by atoms with Crippen LogP contribution < -0.4 is 29.4 Å². The van der Waals surface area contributed by atoms with E-state index in [1.54, 1.807) is 49.6 Å². The summed E-state index contributed by atoms with van der Waals surface area (Å²) in [6.45, 7) is 1.71. The molecule has 1 unspecified atom stereocenters.